The number of amides is 1. The Labute approximate surface area is 159 Å². The first kappa shape index (κ1) is 18.4. The van der Waals surface area contributed by atoms with Gasteiger partial charge in [0.15, 0.2) is 0 Å². The van der Waals surface area contributed by atoms with Gasteiger partial charge in [0.2, 0.25) is 5.91 Å². The Morgan fingerprint density at radius 1 is 1.26 bits per heavy atom. The van der Waals surface area contributed by atoms with E-state index in [1.807, 2.05) is 24.3 Å². The van der Waals surface area contributed by atoms with Crippen molar-refractivity contribution in [1.82, 2.24) is 19.8 Å². The molecule has 2 N–H and O–H groups in total. The molecular weight excluding hydrogens is 344 g/mol. The molecule has 0 spiro atoms. The number of rotatable bonds is 5. The van der Waals surface area contributed by atoms with Crippen molar-refractivity contribution in [3.63, 3.8) is 0 Å². The maximum atomic E-state index is 12.8. The third kappa shape index (κ3) is 4.48. The van der Waals surface area contributed by atoms with E-state index in [2.05, 4.69) is 14.9 Å². The zero-order chi connectivity index (χ0) is 18.7. The summed E-state index contributed by atoms with van der Waals surface area (Å²) in [5, 5.41) is 11.0. The van der Waals surface area contributed by atoms with Crippen molar-refractivity contribution in [1.29, 1.82) is 0 Å². The Morgan fingerprint density at radius 3 is 2.89 bits per heavy atom. The van der Waals surface area contributed by atoms with Crippen LogP contribution < -0.4 is 0 Å². The molecular formula is C20H28N4O3. The molecule has 1 atom stereocenters. The second-order valence-corrected chi connectivity index (χ2v) is 7.78. The minimum Gasteiger partial charge on any atom is -0.384 e. The maximum absolute atomic E-state index is 12.8. The second-order valence-electron chi connectivity index (χ2n) is 7.78. The summed E-state index contributed by atoms with van der Waals surface area (Å²) in [7, 11) is 0. The number of nitrogens with one attached hydrogen (secondary N) is 1. The number of fused-ring (bicyclic) bond motifs is 1. The van der Waals surface area contributed by atoms with Gasteiger partial charge in [0.25, 0.3) is 0 Å². The van der Waals surface area contributed by atoms with Gasteiger partial charge in [0.05, 0.1) is 30.8 Å². The highest BCUT2D eigenvalue weighted by molar-refractivity contribution is 5.77. The lowest BCUT2D eigenvalue weighted by Gasteiger charge is -2.34. The molecule has 2 aromatic rings. The van der Waals surface area contributed by atoms with Crippen molar-refractivity contribution in [3.8, 4) is 0 Å². The summed E-state index contributed by atoms with van der Waals surface area (Å²) in [6.45, 7) is 4.23. The van der Waals surface area contributed by atoms with Gasteiger partial charge in [0, 0.05) is 25.9 Å². The molecule has 0 bridgehead atoms. The molecule has 1 amide bonds. The van der Waals surface area contributed by atoms with E-state index < -0.39 is 5.60 Å². The Morgan fingerprint density at radius 2 is 2.07 bits per heavy atom. The molecule has 0 aliphatic carbocycles. The molecule has 146 valence electrons. The summed E-state index contributed by atoms with van der Waals surface area (Å²) >= 11 is 0. The molecule has 7 heteroatoms. The first-order chi connectivity index (χ1) is 13.1. The Hall–Kier alpha value is -1.96. The van der Waals surface area contributed by atoms with E-state index in [1.165, 1.54) is 12.8 Å². The number of carbonyl (C=O) groups is 1. The van der Waals surface area contributed by atoms with Crippen LogP contribution in [-0.4, -0.2) is 82.3 Å². The Bertz CT molecular complexity index is 753. The molecule has 2 saturated heterocycles. The highest BCUT2D eigenvalue weighted by Crippen LogP contribution is 2.19. The third-order valence-corrected chi connectivity index (χ3v) is 5.44. The molecule has 1 aromatic carbocycles. The molecule has 3 heterocycles. The predicted octanol–water partition coefficient (Wildman–Crippen LogP) is 1.18. The number of aliphatic hydroxyl groups is 1. The van der Waals surface area contributed by atoms with Gasteiger partial charge in [-0.1, -0.05) is 12.1 Å². The van der Waals surface area contributed by atoms with Crippen molar-refractivity contribution in [3.05, 3.63) is 30.1 Å². The van der Waals surface area contributed by atoms with Crippen LogP contribution in [0.25, 0.3) is 11.0 Å². The van der Waals surface area contributed by atoms with Crippen LogP contribution in [0, 0.1) is 0 Å². The number of nitrogens with zero attached hydrogens (tertiary/aromatic N) is 3. The fourth-order valence-corrected chi connectivity index (χ4v) is 4.09. The van der Waals surface area contributed by atoms with Gasteiger partial charge < -0.3 is 24.6 Å². The smallest absolute Gasteiger partial charge is 0.223 e. The lowest BCUT2D eigenvalue weighted by molar-refractivity contribution is -0.134. The molecule has 2 fully saturated rings. The van der Waals surface area contributed by atoms with Crippen LogP contribution in [0.1, 0.15) is 25.1 Å². The van der Waals surface area contributed by atoms with Crippen molar-refractivity contribution >= 4 is 16.9 Å². The van der Waals surface area contributed by atoms with Crippen molar-refractivity contribution in [2.75, 3.05) is 45.9 Å². The van der Waals surface area contributed by atoms with Crippen molar-refractivity contribution in [2.45, 2.75) is 31.3 Å². The van der Waals surface area contributed by atoms with E-state index in [9.17, 15) is 9.90 Å². The number of H-pyrrole nitrogens is 1. The zero-order valence-electron chi connectivity index (χ0n) is 15.7. The minimum atomic E-state index is -0.990. The standard InChI is InChI=1S/C20H28N4O3/c25-19(8-7-18-21-16-5-1-2-6-17(16)22-18)24-11-12-27-15-20(26,14-24)13-23-9-3-4-10-23/h1-2,5-6,26H,3-4,7-15H2,(H,21,22)/t20-/m1/s1. The number of β-amino-alcohol motifs (C(OH)–C–C–N with tert-alkyl or cyclic N) is 1. The third-order valence-electron chi connectivity index (χ3n) is 5.44. The first-order valence-corrected chi connectivity index (χ1v) is 9.85. The fraction of sp³-hybridized carbons (Fsp3) is 0.600. The van der Waals surface area contributed by atoms with Crippen LogP contribution in [0.4, 0.5) is 0 Å². The van der Waals surface area contributed by atoms with Crippen LogP contribution in [-0.2, 0) is 16.0 Å². The normalized spacial score (nSPS) is 24.4. The number of carbonyl (C=O) groups excluding carboxylic acids is 1. The van der Waals surface area contributed by atoms with Crippen LogP contribution >= 0.6 is 0 Å². The molecule has 0 unspecified atom stereocenters. The van der Waals surface area contributed by atoms with E-state index in [4.69, 9.17) is 4.74 Å². The van der Waals surface area contributed by atoms with E-state index in [0.717, 1.165) is 29.9 Å². The quantitative estimate of drug-likeness (QED) is 0.824. The van der Waals surface area contributed by atoms with Crippen LogP contribution in [0.3, 0.4) is 0 Å². The lowest BCUT2D eigenvalue weighted by atomic mass is 10.0. The van der Waals surface area contributed by atoms with E-state index in [0.29, 0.717) is 39.1 Å². The zero-order valence-corrected chi connectivity index (χ0v) is 15.7. The van der Waals surface area contributed by atoms with E-state index >= 15 is 0 Å². The number of aryl methyl sites for hydroxylation is 1. The summed E-state index contributed by atoms with van der Waals surface area (Å²) in [5.41, 5.74) is 0.918. The molecule has 27 heavy (non-hydrogen) atoms. The monoisotopic (exact) mass is 372 g/mol. The summed E-state index contributed by atoms with van der Waals surface area (Å²) < 4.78 is 5.61. The molecule has 0 saturated carbocycles. The van der Waals surface area contributed by atoms with Gasteiger partial charge in [0.1, 0.15) is 11.4 Å². The average Bonchev–Trinajstić information content (AvgIpc) is 3.26. The first-order valence-electron chi connectivity index (χ1n) is 9.85. The minimum absolute atomic E-state index is 0.0424. The van der Waals surface area contributed by atoms with Crippen molar-refractivity contribution < 1.29 is 14.6 Å². The number of imidazole rings is 1. The summed E-state index contributed by atoms with van der Waals surface area (Å²) in [4.78, 5) is 24.6. The number of para-hydroxylation sites is 2. The Balaban J connectivity index is 1.36. The number of aromatic amines is 1. The summed E-state index contributed by atoms with van der Waals surface area (Å²) in [6, 6.07) is 7.87. The second kappa shape index (κ2) is 7.96. The summed E-state index contributed by atoms with van der Waals surface area (Å²) in [6.07, 6.45) is 3.29. The van der Waals surface area contributed by atoms with Crippen LogP contribution in [0.5, 0.6) is 0 Å². The van der Waals surface area contributed by atoms with Gasteiger partial charge >= 0.3 is 0 Å². The number of benzene rings is 1. The average molecular weight is 372 g/mol. The highest BCUT2D eigenvalue weighted by atomic mass is 16.5. The number of hydrogen-bond donors (Lipinski definition) is 2. The van der Waals surface area contributed by atoms with E-state index in [-0.39, 0.29) is 12.5 Å². The highest BCUT2D eigenvalue weighted by Gasteiger charge is 2.36. The van der Waals surface area contributed by atoms with Gasteiger partial charge in [-0.2, -0.15) is 0 Å². The molecule has 4 rings (SSSR count). The Kier molecular flexibility index (Phi) is 5.43. The van der Waals surface area contributed by atoms with Crippen LogP contribution in [0.2, 0.25) is 0 Å². The predicted molar refractivity (Wildman–Crippen MR) is 102 cm³/mol. The van der Waals surface area contributed by atoms with Gasteiger partial charge in [-0.25, -0.2) is 4.98 Å². The molecule has 2 aliphatic heterocycles. The fourth-order valence-electron chi connectivity index (χ4n) is 4.09. The number of ether oxygens (including phenoxy) is 1. The molecule has 7 nitrogen and oxygen atoms in total. The van der Waals surface area contributed by atoms with Gasteiger partial charge in [-0.05, 0) is 38.1 Å². The van der Waals surface area contributed by atoms with Gasteiger partial charge in [-0.15, -0.1) is 0 Å². The van der Waals surface area contributed by atoms with Crippen LogP contribution in [0.15, 0.2) is 24.3 Å². The molecule has 2 aliphatic rings. The maximum Gasteiger partial charge on any atom is 0.223 e. The SMILES string of the molecule is O=C(CCc1nc2ccccc2[nH]1)N1CCOC[C@@](O)(CN2CCCC2)C1. The number of aromatic nitrogens is 2. The topological polar surface area (TPSA) is 81.7 Å². The van der Waals surface area contributed by atoms with Gasteiger partial charge in [-0.3, -0.25) is 4.79 Å². The molecule has 0 radical (unpaired) electrons. The lowest BCUT2D eigenvalue weighted by Crippen LogP contribution is -2.53. The van der Waals surface area contributed by atoms with E-state index in [1.54, 1.807) is 4.90 Å². The largest absolute Gasteiger partial charge is 0.384 e. The number of likely N-dealkylation sites (tertiary alicyclic amines) is 1. The van der Waals surface area contributed by atoms with Crippen molar-refractivity contribution in [2.24, 2.45) is 0 Å². The molecule has 1 aromatic heterocycles. The summed E-state index contributed by atoms with van der Waals surface area (Å²) in [5.74, 6) is 0.865. The number of hydrogen-bond acceptors (Lipinski definition) is 5.